The van der Waals surface area contributed by atoms with E-state index in [1.54, 1.807) is 17.0 Å². The number of carboxylic acids is 1. The maximum absolute atomic E-state index is 12.3. The number of carbonyl (C=O) groups excluding carboxylic acids is 2. The first-order valence-electron chi connectivity index (χ1n) is 8.94. The van der Waals surface area contributed by atoms with Gasteiger partial charge in [-0.3, -0.25) is 14.4 Å². The molecule has 1 heterocycles. The summed E-state index contributed by atoms with van der Waals surface area (Å²) in [6.07, 6.45) is 5.33. The molecule has 1 aliphatic heterocycles. The third-order valence-electron chi connectivity index (χ3n) is 5.30. The molecular weight excluding hydrogens is 320 g/mol. The summed E-state index contributed by atoms with van der Waals surface area (Å²) in [5.41, 5.74) is 0.524. The summed E-state index contributed by atoms with van der Waals surface area (Å²) in [5, 5.41) is 12.4. The second kappa shape index (κ2) is 7.25. The van der Waals surface area contributed by atoms with Crippen molar-refractivity contribution < 1.29 is 19.5 Å². The number of carbonyl (C=O) groups is 3. The molecule has 0 bridgehead atoms. The van der Waals surface area contributed by atoms with Gasteiger partial charge in [0.1, 0.15) is 0 Å². The number of rotatable bonds is 5. The fraction of sp³-hybridized carbons (Fsp3) is 0.526. The highest BCUT2D eigenvalue weighted by molar-refractivity contribution is 5.97. The first-order chi connectivity index (χ1) is 12.0. The second-order valence-electron chi connectivity index (χ2n) is 7.07. The van der Waals surface area contributed by atoms with Crippen molar-refractivity contribution in [2.75, 3.05) is 16.8 Å². The Kier molecular flexibility index (Phi) is 5.06. The van der Waals surface area contributed by atoms with Crippen LogP contribution in [0.2, 0.25) is 0 Å². The van der Waals surface area contributed by atoms with Crippen LogP contribution < -0.4 is 10.2 Å². The lowest BCUT2D eigenvalue weighted by atomic mass is 9.71. The standard InChI is InChI=1S/C19H24N2O4/c22-16(13-19(18(24)25)10-2-1-3-11-19)20-14-6-8-15(9-7-14)21-12-4-5-17(21)23/h6-9H,1-5,10-13H2,(H,20,22)(H,24,25). The molecule has 2 amide bonds. The molecule has 6 nitrogen and oxygen atoms in total. The summed E-state index contributed by atoms with van der Waals surface area (Å²) < 4.78 is 0. The monoisotopic (exact) mass is 344 g/mol. The molecule has 0 aromatic heterocycles. The van der Waals surface area contributed by atoms with Crippen molar-refractivity contribution in [2.24, 2.45) is 5.41 Å². The Balaban J connectivity index is 1.62. The number of anilines is 2. The lowest BCUT2D eigenvalue weighted by molar-refractivity contribution is -0.153. The van der Waals surface area contributed by atoms with Crippen LogP contribution in [0.25, 0.3) is 0 Å². The average Bonchev–Trinajstić information content (AvgIpc) is 3.02. The van der Waals surface area contributed by atoms with Crippen molar-refractivity contribution in [2.45, 2.75) is 51.4 Å². The van der Waals surface area contributed by atoms with Crippen LogP contribution >= 0.6 is 0 Å². The number of nitrogens with one attached hydrogen (secondary N) is 1. The first-order valence-corrected chi connectivity index (χ1v) is 8.94. The zero-order valence-corrected chi connectivity index (χ0v) is 14.3. The lowest BCUT2D eigenvalue weighted by Crippen LogP contribution is -2.37. The van der Waals surface area contributed by atoms with Crippen molar-refractivity contribution >= 4 is 29.2 Å². The summed E-state index contributed by atoms with van der Waals surface area (Å²) in [5.74, 6) is -1.02. The highest BCUT2D eigenvalue weighted by Gasteiger charge is 2.41. The van der Waals surface area contributed by atoms with E-state index in [1.165, 1.54) is 0 Å². The molecule has 1 aliphatic carbocycles. The molecule has 1 saturated heterocycles. The molecule has 1 saturated carbocycles. The number of aliphatic carboxylic acids is 1. The third-order valence-corrected chi connectivity index (χ3v) is 5.30. The SMILES string of the molecule is O=C(CC1(C(=O)O)CCCCC1)Nc1ccc(N2CCCC2=O)cc1. The van der Waals surface area contributed by atoms with Gasteiger partial charge < -0.3 is 15.3 Å². The first kappa shape index (κ1) is 17.5. The molecule has 0 unspecified atom stereocenters. The summed E-state index contributed by atoms with van der Waals surface area (Å²) in [6.45, 7) is 0.728. The Morgan fingerprint density at radius 1 is 1.08 bits per heavy atom. The molecule has 0 radical (unpaired) electrons. The molecule has 2 aliphatic rings. The number of amides is 2. The predicted octanol–water partition coefficient (Wildman–Crippen LogP) is 3.18. The van der Waals surface area contributed by atoms with E-state index in [4.69, 9.17) is 0 Å². The van der Waals surface area contributed by atoms with Gasteiger partial charge in [0.05, 0.1) is 5.41 Å². The van der Waals surface area contributed by atoms with E-state index >= 15 is 0 Å². The molecule has 1 aromatic carbocycles. The number of hydrogen-bond donors (Lipinski definition) is 2. The molecule has 2 N–H and O–H groups in total. The van der Waals surface area contributed by atoms with Gasteiger partial charge in [0.2, 0.25) is 11.8 Å². The van der Waals surface area contributed by atoms with E-state index in [0.29, 0.717) is 24.9 Å². The van der Waals surface area contributed by atoms with Crippen molar-refractivity contribution in [3.8, 4) is 0 Å². The Morgan fingerprint density at radius 2 is 1.76 bits per heavy atom. The zero-order chi connectivity index (χ0) is 17.9. The molecular formula is C19H24N2O4. The van der Waals surface area contributed by atoms with Crippen LogP contribution in [-0.2, 0) is 14.4 Å². The zero-order valence-electron chi connectivity index (χ0n) is 14.3. The maximum atomic E-state index is 12.3. The van der Waals surface area contributed by atoms with Crippen molar-refractivity contribution in [3.05, 3.63) is 24.3 Å². The highest BCUT2D eigenvalue weighted by atomic mass is 16.4. The van der Waals surface area contributed by atoms with Crippen LogP contribution in [0.1, 0.15) is 51.4 Å². The Morgan fingerprint density at radius 3 is 2.32 bits per heavy atom. The second-order valence-corrected chi connectivity index (χ2v) is 7.07. The van der Waals surface area contributed by atoms with Gasteiger partial charge in [-0.25, -0.2) is 0 Å². The number of carboxylic acid groups (broad SMARTS) is 1. The molecule has 2 fully saturated rings. The summed E-state index contributed by atoms with van der Waals surface area (Å²) in [4.78, 5) is 37.5. The smallest absolute Gasteiger partial charge is 0.310 e. The fourth-order valence-electron chi connectivity index (χ4n) is 3.85. The molecule has 25 heavy (non-hydrogen) atoms. The minimum Gasteiger partial charge on any atom is -0.481 e. The van der Waals surface area contributed by atoms with Gasteiger partial charge in [-0.15, -0.1) is 0 Å². The molecule has 0 spiro atoms. The van der Waals surface area contributed by atoms with Gasteiger partial charge in [0.25, 0.3) is 0 Å². The van der Waals surface area contributed by atoms with Crippen LogP contribution in [0.4, 0.5) is 11.4 Å². The number of nitrogens with zero attached hydrogens (tertiary/aromatic N) is 1. The molecule has 6 heteroatoms. The quantitative estimate of drug-likeness (QED) is 0.859. The van der Waals surface area contributed by atoms with Crippen LogP contribution in [0.15, 0.2) is 24.3 Å². The summed E-state index contributed by atoms with van der Waals surface area (Å²) in [7, 11) is 0. The van der Waals surface area contributed by atoms with Gasteiger partial charge in [-0.05, 0) is 43.5 Å². The van der Waals surface area contributed by atoms with E-state index in [-0.39, 0.29) is 18.2 Å². The van der Waals surface area contributed by atoms with Gasteiger partial charge in [-0.2, -0.15) is 0 Å². The van der Waals surface area contributed by atoms with Crippen molar-refractivity contribution in [1.29, 1.82) is 0 Å². The number of benzene rings is 1. The number of hydrogen-bond acceptors (Lipinski definition) is 3. The van der Waals surface area contributed by atoms with E-state index < -0.39 is 11.4 Å². The topological polar surface area (TPSA) is 86.7 Å². The van der Waals surface area contributed by atoms with E-state index in [9.17, 15) is 19.5 Å². The van der Waals surface area contributed by atoms with Gasteiger partial charge in [-0.1, -0.05) is 19.3 Å². The fourth-order valence-corrected chi connectivity index (χ4v) is 3.85. The third kappa shape index (κ3) is 3.83. The minimum absolute atomic E-state index is 0.00863. The maximum Gasteiger partial charge on any atom is 0.310 e. The minimum atomic E-state index is -0.926. The Hall–Kier alpha value is -2.37. The van der Waals surface area contributed by atoms with Crippen LogP contribution in [0.5, 0.6) is 0 Å². The van der Waals surface area contributed by atoms with Crippen LogP contribution in [0.3, 0.4) is 0 Å². The molecule has 3 rings (SSSR count). The largest absolute Gasteiger partial charge is 0.481 e. The highest BCUT2D eigenvalue weighted by Crippen LogP contribution is 2.39. The van der Waals surface area contributed by atoms with Gasteiger partial charge in [0, 0.05) is 30.8 Å². The Bertz CT molecular complexity index is 663. The van der Waals surface area contributed by atoms with E-state index in [1.807, 2.05) is 12.1 Å². The molecule has 134 valence electrons. The molecule has 1 aromatic rings. The van der Waals surface area contributed by atoms with Gasteiger partial charge in [0.15, 0.2) is 0 Å². The van der Waals surface area contributed by atoms with Crippen molar-refractivity contribution in [1.82, 2.24) is 0 Å². The predicted molar refractivity (Wildman–Crippen MR) is 94.4 cm³/mol. The lowest BCUT2D eigenvalue weighted by Gasteiger charge is -2.32. The van der Waals surface area contributed by atoms with Crippen LogP contribution in [-0.4, -0.2) is 29.4 Å². The Labute approximate surface area is 147 Å². The average molecular weight is 344 g/mol. The van der Waals surface area contributed by atoms with E-state index in [2.05, 4.69) is 5.32 Å². The normalized spacial score (nSPS) is 19.7. The summed E-state index contributed by atoms with van der Waals surface area (Å²) >= 11 is 0. The van der Waals surface area contributed by atoms with Crippen LogP contribution in [0, 0.1) is 5.41 Å². The van der Waals surface area contributed by atoms with E-state index in [0.717, 1.165) is 37.9 Å². The molecule has 0 atom stereocenters. The summed E-state index contributed by atoms with van der Waals surface area (Å²) in [6, 6.07) is 7.14. The van der Waals surface area contributed by atoms with Crippen molar-refractivity contribution in [3.63, 3.8) is 0 Å². The van der Waals surface area contributed by atoms with Gasteiger partial charge >= 0.3 is 5.97 Å².